The number of hydrogen-bond acceptors (Lipinski definition) is 7. The molecule has 1 aromatic heterocycles. The van der Waals surface area contributed by atoms with Crippen LogP contribution < -0.4 is 10.0 Å². The number of nitrogens with zero attached hydrogens (tertiary/aromatic N) is 2. The summed E-state index contributed by atoms with van der Waals surface area (Å²) in [7, 11) is -3.64. The average Bonchev–Trinajstić information content (AvgIpc) is 3.47. The maximum Gasteiger partial charge on any atom is 0.412 e. The van der Waals surface area contributed by atoms with Gasteiger partial charge in [0.05, 0.1) is 4.90 Å². The van der Waals surface area contributed by atoms with Gasteiger partial charge >= 0.3 is 6.09 Å². The minimum atomic E-state index is -3.64. The second-order valence-electron chi connectivity index (χ2n) is 9.25. The van der Waals surface area contributed by atoms with Gasteiger partial charge in [-0.15, -0.1) is 11.8 Å². The lowest BCUT2D eigenvalue weighted by atomic mass is 10.2. The molecule has 9 nitrogen and oxygen atoms in total. The van der Waals surface area contributed by atoms with Gasteiger partial charge in [-0.05, 0) is 53.1 Å². The van der Waals surface area contributed by atoms with Crippen LogP contribution in [0.15, 0.2) is 114 Å². The first-order valence-corrected chi connectivity index (χ1v) is 15.4. The van der Waals surface area contributed by atoms with Gasteiger partial charge in [0.1, 0.15) is 18.0 Å². The predicted molar refractivity (Wildman–Crippen MR) is 157 cm³/mol. The van der Waals surface area contributed by atoms with Gasteiger partial charge in [0, 0.05) is 30.4 Å². The number of thioether (sulfide) groups is 1. The van der Waals surface area contributed by atoms with Crippen molar-refractivity contribution in [3.8, 4) is 0 Å². The summed E-state index contributed by atoms with van der Waals surface area (Å²) in [4.78, 5) is 32.4. The summed E-state index contributed by atoms with van der Waals surface area (Å²) in [6, 6.07) is 27.2. The molecule has 2 amide bonds. The molecule has 3 aromatic carbocycles. The molecule has 2 heterocycles. The monoisotopic (exact) mass is 588 g/mol. The Morgan fingerprint density at radius 3 is 2.22 bits per heavy atom. The molecular weight excluding hydrogens is 560 g/mol. The van der Waals surface area contributed by atoms with Gasteiger partial charge in [0.15, 0.2) is 0 Å². The topological polar surface area (TPSA) is 118 Å². The van der Waals surface area contributed by atoms with Crippen LogP contribution in [0.25, 0.3) is 0 Å². The quantitative estimate of drug-likeness (QED) is 0.284. The fourth-order valence-corrected chi connectivity index (χ4v) is 6.76. The Morgan fingerprint density at radius 1 is 0.878 bits per heavy atom. The molecule has 1 aliphatic heterocycles. The highest BCUT2D eigenvalue weighted by molar-refractivity contribution is 7.99. The third kappa shape index (κ3) is 7.12. The van der Waals surface area contributed by atoms with Crippen molar-refractivity contribution in [1.29, 1.82) is 0 Å². The van der Waals surface area contributed by atoms with E-state index in [2.05, 4.69) is 15.0 Å². The second kappa shape index (κ2) is 13.0. The molecule has 11 heteroatoms. The number of carbonyl (C=O) groups is 2. The van der Waals surface area contributed by atoms with E-state index in [9.17, 15) is 18.0 Å². The number of carbonyl (C=O) groups excluding carboxylic acids is 2. The molecule has 0 spiro atoms. The van der Waals surface area contributed by atoms with Crippen LogP contribution in [0.2, 0.25) is 0 Å². The summed E-state index contributed by atoms with van der Waals surface area (Å²) >= 11 is 1.48. The Balaban J connectivity index is 1.25. The molecule has 1 fully saturated rings. The van der Waals surface area contributed by atoms with Crippen LogP contribution in [-0.2, 0) is 32.7 Å². The number of hydrogen-bond donors (Lipinski definition) is 2. The van der Waals surface area contributed by atoms with Crippen molar-refractivity contribution in [2.75, 3.05) is 11.1 Å². The van der Waals surface area contributed by atoms with Crippen molar-refractivity contribution in [1.82, 2.24) is 14.6 Å². The second-order valence-corrected chi connectivity index (χ2v) is 12.1. The fraction of sp³-hybridized carbons (Fsp3) is 0.167. The van der Waals surface area contributed by atoms with E-state index in [1.54, 1.807) is 54.9 Å². The Morgan fingerprint density at radius 2 is 1.54 bits per heavy atom. The molecular formula is C30H28N4O5S2. The Hall–Kier alpha value is -4.19. The Labute approximate surface area is 243 Å². The normalized spacial score (nSPS) is 16.7. The van der Waals surface area contributed by atoms with Crippen molar-refractivity contribution < 1.29 is 22.7 Å². The van der Waals surface area contributed by atoms with Crippen LogP contribution in [0.5, 0.6) is 0 Å². The molecule has 5 rings (SSSR count). The highest BCUT2D eigenvalue weighted by atomic mass is 32.2. The van der Waals surface area contributed by atoms with Crippen LogP contribution in [0.1, 0.15) is 22.1 Å². The summed E-state index contributed by atoms with van der Waals surface area (Å²) in [6.45, 7) is 0.188. The minimum absolute atomic E-state index is 0.0910. The van der Waals surface area contributed by atoms with Gasteiger partial charge in [-0.1, -0.05) is 60.7 Å². The van der Waals surface area contributed by atoms with Crippen molar-refractivity contribution in [3.05, 3.63) is 126 Å². The zero-order chi connectivity index (χ0) is 28.7. The lowest BCUT2D eigenvalue weighted by Gasteiger charge is -2.28. The molecule has 210 valence electrons. The fourth-order valence-electron chi connectivity index (χ4n) is 4.30. The van der Waals surface area contributed by atoms with Crippen LogP contribution >= 0.6 is 11.8 Å². The first kappa shape index (κ1) is 28.3. The van der Waals surface area contributed by atoms with Gasteiger partial charge < -0.3 is 10.1 Å². The number of sulfonamides is 1. The van der Waals surface area contributed by atoms with E-state index in [0.29, 0.717) is 11.4 Å². The molecule has 0 radical (unpaired) electrons. The first-order chi connectivity index (χ1) is 19.9. The number of nitrogens with one attached hydrogen (secondary N) is 2. The van der Waals surface area contributed by atoms with Gasteiger partial charge in [0.25, 0.3) is 0 Å². The summed E-state index contributed by atoms with van der Waals surface area (Å²) in [5, 5.41) is 2.48. The summed E-state index contributed by atoms with van der Waals surface area (Å²) < 4.78 is 33.2. The summed E-state index contributed by atoms with van der Waals surface area (Å²) in [5.74, 6) is 0.0433. The van der Waals surface area contributed by atoms with E-state index in [-0.39, 0.29) is 24.0 Å². The molecule has 1 aliphatic rings. The zero-order valence-corrected chi connectivity index (χ0v) is 23.6. The molecule has 41 heavy (non-hydrogen) atoms. The SMILES string of the molecule is O=C(Nc1ccc(CNS(=O)(=O)c2ccccc2)cc1)[C@@H]1CSC(c2ccncc2)N1C(=O)OCc1ccccc1. The van der Waals surface area contributed by atoms with Gasteiger partial charge in [-0.3, -0.25) is 14.7 Å². The van der Waals surface area contributed by atoms with Gasteiger partial charge in [-0.2, -0.15) is 0 Å². The van der Waals surface area contributed by atoms with Crippen LogP contribution in [0.3, 0.4) is 0 Å². The van der Waals surface area contributed by atoms with E-state index < -0.39 is 27.5 Å². The number of pyridine rings is 1. The molecule has 2 atom stereocenters. The molecule has 2 N–H and O–H groups in total. The Bertz CT molecular complexity index is 1570. The van der Waals surface area contributed by atoms with E-state index in [1.807, 2.05) is 42.5 Å². The number of benzene rings is 3. The Kier molecular flexibility index (Phi) is 8.98. The van der Waals surface area contributed by atoms with Gasteiger partial charge in [-0.25, -0.2) is 17.9 Å². The highest BCUT2D eigenvalue weighted by Gasteiger charge is 2.43. The summed E-state index contributed by atoms with van der Waals surface area (Å²) in [5.41, 5.74) is 2.95. The number of anilines is 1. The zero-order valence-electron chi connectivity index (χ0n) is 21.9. The van der Waals surface area contributed by atoms with E-state index in [4.69, 9.17) is 4.74 Å². The smallest absolute Gasteiger partial charge is 0.412 e. The number of aromatic nitrogens is 1. The number of amides is 2. The lowest BCUT2D eigenvalue weighted by molar-refractivity contribution is -0.120. The predicted octanol–water partition coefficient (Wildman–Crippen LogP) is 4.95. The first-order valence-electron chi connectivity index (χ1n) is 12.9. The van der Waals surface area contributed by atoms with Crippen molar-refractivity contribution in [2.24, 2.45) is 0 Å². The molecule has 0 bridgehead atoms. The summed E-state index contributed by atoms with van der Waals surface area (Å²) in [6.07, 6.45) is 2.72. The van der Waals surface area contributed by atoms with Crippen molar-refractivity contribution in [3.63, 3.8) is 0 Å². The minimum Gasteiger partial charge on any atom is -0.444 e. The van der Waals surface area contributed by atoms with Crippen LogP contribution in [0, 0.1) is 0 Å². The molecule has 1 unspecified atom stereocenters. The highest BCUT2D eigenvalue weighted by Crippen LogP contribution is 2.42. The van der Waals surface area contributed by atoms with Gasteiger partial charge in [0.2, 0.25) is 15.9 Å². The van der Waals surface area contributed by atoms with Crippen molar-refractivity contribution in [2.45, 2.75) is 29.5 Å². The molecule has 0 saturated carbocycles. The van der Waals surface area contributed by atoms with E-state index in [1.165, 1.54) is 28.8 Å². The standard InChI is InChI=1S/C30H28N4O5S2/c35-28(33-25-13-11-22(12-14-25)19-32-41(37,38)26-9-5-2-6-10-26)27-21-40-29(24-15-17-31-18-16-24)34(27)30(36)39-20-23-7-3-1-4-8-23/h1-18,27,29,32H,19-21H2,(H,33,35)/t27-,29?/m0/s1. The van der Waals surface area contributed by atoms with E-state index in [0.717, 1.165) is 16.7 Å². The third-order valence-electron chi connectivity index (χ3n) is 6.45. The van der Waals surface area contributed by atoms with Crippen LogP contribution in [0.4, 0.5) is 10.5 Å². The largest absolute Gasteiger partial charge is 0.444 e. The molecule has 1 saturated heterocycles. The van der Waals surface area contributed by atoms with E-state index >= 15 is 0 Å². The van der Waals surface area contributed by atoms with Crippen LogP contribution in [-0.4, -0.2) is 42.1 Å². The lowest BCUT2D eigenvalue weighted by Crippen LogP contribution is -2.45. The molecule has 4 aromatic rings. The molecule has 0 aliphatic carbocycles. The number of rotatable bonds is 9. The average molecular weight is 589 g/mol. The van der Waals surface area contributed by atoms with Crippen molar-refractivity contribution >= 4 is 39.5 Å². The third-order valence-corrected chi connectivity index (χ3v) is 9.19. The maximum atomic E-state index is 13.4. The maximum absolute atomic E-state index is 13.4. The number of ether oxygens (including phenoxy) is 1.